The monoisotopic (exact) mass is 464 g/mol. The standard InChI is InChI=1S/C19H24F4N4O3S/c1-19(2,3)30-18(29)26-10-15(24)16-12(11-28)8-9-25-17(16)27-13-4-6-14(7-5-13)31(20,21,22)23/h4-9,24,28,31H,10-11H2,1-3H3,(H,25,27)(H,26,29). The SMILES string of the molecule is CC(C)(C)OC(=O)NCC(=N)c1c(CO)ccnc1Nc1ccc([SH](F)(F)(F)F)cc1. The van der Waals surface area contributed by atoms with Gasteiger partial charge in [0.05, 0.1) is 23.8 Å². The first-order valence-electron chi connectivity index (χ1n) is 9.06. The van der Waals surface area contributed by atoms with Crippen LogP contribution in [0.5, 0.6) is 0 Å². The van der Waals surface area contributed by atoms with E-state index in [1.54, 1.807) is 20.8 Å². The van der Waals surface area contributed by atoms with Gasteiger partial charge in [0, 0.05) is 17.4 Å². The first-order chi connectivity index (χ1) is 14.2. The average Bonchev–Trinajstić information content (AvgIpc) is 2.63. The minimum Gasteiger partial charge on any atom is -0.444 e. The highest BCUT2D eigenvalue weighted by molar-refractivity contribution is 8.33. The predicted molar refractivity (Wildman–Crippen MR) is 113 cm³/mol. The lowest BCUT2D eigenvalue weighted by molar-refractivity contribution is 0.0536. The van der Waals surface area contributed by atoms with E-state index in [0.29, 0.717) is 17.7 Å². The van der Waals surface area contributed by atoms with E-state index in [4.69, 9.17) is 10.1 Å². The van der Waals surface area contributed by atoms with Crippen LogP contribution < -0.4 is 10.6 Å². The van der Waals surface area contributed by atoms with E-state index in [1.165, 1.54) is 12.3 Å². The van der Waals surface area contributed by atoms with E-state index in [2.05, 4.69) is 15.6 Å². The second kappa shape index (κ2) is 8.71. The van der Waals surface area contributed by atoms with Crippen LogP contribution in [0, 0.1) is 5.41 Å². The Kier molecular flexibility index (Phi) is 6.86. The number of aromatic nitrogens is 1. The van der Waals surface area contributed by atoms with E-state index in [1.807, 2.05) is 0 Å². The fourth-order valence-corrected chi connectivity index (χ4v) is 3.13. The van der Waals surface area contributed by atoms with Crippen molar-refractivity contribution < 1.29 is 30.2 Å². The van der Waals surface area contributed by atoms with Crippen molar-refractivity contribution >= 4 is 34.0 Å². The Hall–Kier alpha value is -2.86. The van der Waals surface area contributed by atoms with Gasteiger partial charge in [-0.05, 0) is 56.7 Å². The average molecular weight is 464 g/mol. The predicted octanol–water partition coefficient (Wildman–Crippen LogP) is 5.18. The molecule has 2 rings (SSSR count). The molecule has 1 heterocycles. The molecule has 0 aliphatic rings. The Morgan fingerprint density at radius 3 is 2.29 bits per heavy atom. The summed E-state index contributed by atoms with van der Waals surface area (Å²) in [6, 6.07) is 4.77. The third kappa shape index (κ3) is 7.10. The quantitative estimate of drug-likeness (QED) is 0.221. The van der Waals surface area contributed by atoms with E-state index >= 15 is 0 Å². The fourth-order valence-electron chi connectivity index (χ4n) is 2.53. The van der Waals surface area contributed by atoms with Gasteiger partial charge in [0.2, 0.25) is 0 Å². The van der Waals surface area contributed by atoms with Gasteiger partial charge in [-0.2, -0.15) is 0 Å². The number of alkyl carbamates (subject to hydrolysis) is 1. The summed E-state index contributed by atoms with van der Waals surface area (Å²) in [6.07, 6.45) is 0.604. The summed E-state index contributed by atoms with van der Waals surface area (Å²) >= 11 is 0. The van der Waals surface area contributed by atoms with Gasteiger partial charge in [0.1, 0.15) is 11.4 Å². The van der Waals surface area contributed by atoms with Crippen molar-refractivity contribution in [3.63, 3.8) is 0 Å². The Labute approximate surface area is 177 Å². The Balaban J connectivity index is 2.24. The van der Waals surface area contributed by atoms with Crippen LogP contribution in [-0.4, -0.2) is 34.0 Å². The van der Waals surface area contributed by atoms with Crippen molar-refractivity contribution in [3.8, 4) is 0 Å². The summed E-state index contributed by atoms with van der Waals surface area (Å²) in [5.74, 6) is 0.0776. The second-order valence-corrected chi connectivity index (χ2v) is 9.54. The zero-order valence-corrected chi connectivity index (χ0v) is 17.9. The molecule has 1 aromatic carbocycles. The van der Waals surface area contributed by atoms with E-state index in [9.17, 15) is 25.4 Å². The third-order valence-corrected chi connectivity index (χ3v) is 4.92. The number of hydrogen-bond donors (Lipinski definition) is 5. The van der Waals surface area contributed by atoms with Gasteiger partial charge >= 0.3 is 6.09 Å². The maximum absolute atomic E-state index is 12.9. The molecule has 0 atom stereocenters. The van der Waals surface area contributed by atoms with Gasteiger partial charge in [-0.1, -0.05) is 0 Å². The van der Waals surface area contributed by atoms with Gasteiger partial charge in [0.15, 0.2) is 10.7 Å². The Morgan fingerprint density at radius 2 is 1.77 bits per heavy atom. The summed E-state index contributed by atoms with van der Waals surface area (Å²) < 4.78 is 56.7. The molecule has 0 radical (unpaired) electrons. The summed E-state index contributed by atoms with van der Waals surface area (Å²) in [6.45, 7) is 4.36. The smallest absolute Gasteiger partial charge is 0.407 e. The summed E-state index contributed by atoms with van der Waals surface area (Å²) in [5, 5.41) is 23.1. The largest absolute Gasteiger partial charge is 0.444 e. The van der Waals surface area contributed by atoms with Crippen LogP contribution in [0.2, 0.25) is 0 Å². The summed E-state index contributed by atoms with van der Waals surface area (Å²) in [4.78, 5) is 14.6. The highest BCUT2D eigenvalue weighted by Gasteiger charge is 2.39. The normalized spacial score (nSPS) is 13.1. The molecule has 0 spiro atoms. The number of carbonyl (C=O) groups is 1. The van der Waals surface area contributed by atoms with Crippen molar-refractivity contribution in [2.45, 2.75) is 37.9 Å². The maximum atomic E-state index is 12.9. The number of anilines is 2. The van der Waals surface area contributed by atoms with E-state index < -0.39 is 33.9 Å². The van der Waals surface area contributed by atoms with Crippen molar-refractivity contribution in [1.29, 1.82) is 5.41 Å². The first-order valence-corrected chi connectivity index (χ1v) is 10.9. The lowest BCUT2D eigenvalue weighted by atomic mass is 10.0. The molecule has 0 fully saturated rings. The summed E-state index contributed by atoms with van der Waals surface area (Å²) in [7, 11) is -7.86. The third-order valence-electron chi connectivity index (χ3n) is 3.84. The number of nitrogens with zero attached hydrogens (tertiary/aromatic N) is 1. The van der Waals surface area contributed by atoms with Crippen LogP contribution in [0.1, 0.15) is 31.9 Å². The molecule has 0 aliphatic carbocycles. The van der Waals surface area contributed by atoms with Crippen LogP contribution in [0.25, 0.3) is 0 Å². The van der Waals surface area contributed by atoms with Crippen molar-refractivity contribution in [1.82, 2.24) is 10.3 Å². The first kappa shape index (κ1) is 24.4. The molecule has 0 aliphatic heterocycles. The molecule has 7 nitrogen and oxygen atoms in total. The molecule has 0 bridgehead atoms. The van der Waals surface area contributed by atoms with Crippen LogP contribution in [-0.2, 0) is 11.3 Å². The number of ether oxygens (including phenoxy) is 1. The molecule has 172 valence electrons. The van der Waals surface area contributed by atoms with Crippen molar-refractivity contribution in [2.75, 3.05) is 11.9 Å². The van der Waals surface area contributed by atoms with Crippen LogP contribution in [0.15, 0.2) is 41.4 Å². The molecular formula is C19H24F4N4O3S. The number of aliphatic hydroxyl groups excluding tert-OH is 1. The van der Waals surface area contributed by atoms with Crippen LogP contribution in [0.3, 0.4) is 0 Å². The van der Waals surface area contributed by atoms with Crippen molar-refractivity contribution in [2.24, 2.45) is 0 Å². The van der Waals surface area contributed by atoms with Gasteiger partial charge in [-0.3, -0.25) is 0 Å². The highest BCUT2D eigenvalue weighted by Crippen LogP contribution is 2.81. The molecule has 4 N–H and O–H groups in total. The Morgan fingerprint density at radius 1 is 1.16 bits per heavy atom. The number of hydrogen-bond acceptors (Lipinski definition) is 6. The molecule has 0 saturated heterocycles. The van der Waals surface area contributed by atoms with Gasteiger partial charge in [-0.25, -0.2) is 9.78 Å². The topological polar surface area (TPSA) is 107 Å². The number of pyridine rings is 1. The number of thiol groups is 1. The number of amides is 1. The van der Waals surface area contributed by atoms with Gasteiger partial charge < -0.3 is 25.9 Å². The Bertz CT molecular complexity index is 964. The number of benzene rings is 1. The van der Waals surface area contributed by atoms with E-state index in [-0.39, 0.29) is 29.3 Å². The number of rotatable bonds is 7. The fraction of sp³-hybridized carbons (Fsp3) is 0.316. The highest BCUT2D eigenvalue weighted by atomic mass is 32.4. The summed E-state index contributed by atoms with van der Waals surface area (Å²) in [5.41, 5.74) is -0.202. The van der Waals surface area contributed by atoms with Gasteiger partial charge in [-0.15, -0.1) is 15.5 Å². The zero-order valence-electron chi connectivity index (χ0n) is 17.0. The molecule has 12 heteroatoms. The van der Waals surface area contributed by atoms with Crippen molar-refractivity contribution in [3.05, 3.63) is 47.7 Å². The number of nitrogens with one attached hydrogen (secondary N) is 3. The zero-order chi connectivity index (χ0) is 23.5. The van der Waals surface area contributed by atoms with Gasteiger partial charge in [0.25, 0.3) is 0 Å². The number of halogens is 4. The number of aliphatic hydroxyl groups is 1. The molecule has 2 aromatic rings. The lowest BCUT2D eigenvalue weighted by Gasteiger charge is -2.29. The van der Waals surface area contributed by atoms with Crippen LogP contribution >= 0.6 is 10.7 Å². The second-order valence-electron chi connectivity index (χ2n) is 7.58. The molecule has 31 heavy (non-hydrogen) atoms. The molecule has 1 aromatic heterocycles. The van der Waals surface area contributed by atoms with E-state index in [0.717, 1.165) is 12.1 Å². The molecule has 1 amide bonds. The maximum Gasteiger partial charge on any atom is 0.407 e. The minimum atomic E-state index is -7.86. The molecule has 0 saturated carbocycles. The molecule has 0 unspecified atom stereocenters. The minimum absolute atomic E-state index is 0.0776. The molecular weight excluding hydrogens is 440 g/mol. The lowest BCUT2D eigenvalue weighted by Crippen LogP contribution is -2.35. The number of carbonyl (C=O) groups excluding carboxylic acids is 1. The van der Waals surface area contributed by atoms with Crippen LogP contribution in [0.4, 0.5) is 31.8 Å².